The number of thioether (sulfide) groups is 1. The third kappa shape index (κ3) is 2.57. The van der Waals surface area contributed by atoms with Crippen LogP contribution >= 0.6 is 23.1 Å². The smallest absolute Gasteiger partial charge is 0.148 e. The second-order valence-corrected chi connectivity index (χ2v) is 7.05. The lowest BCUT2D eigenvalue weighted by atomic mass is 10.1. The zero-order valence-electron chi connectivity index (χ0n) is 11.2. The molecule has 1 aliphatic heterocycles. The molecule has 0 N–H and O–H groups in total. The molecule has 0 aliphatic carbocycles. The highest BCUT2D eigenvalue weighted by molar-refractivity contribution is 7.99. The summed E-state index contributed by atoms with van der Waals surface area (Å²) in [7, 11) is 0. The first kappa shape index (κ1) is 12.9. The Morgan fingerprint density at radius 1 is 1.05 bits per heavy atom. The van der Waals surface area contributed by atoms with Crippen LogP contribution in [0.3, 0.4) is 0 Å². The molecule has 1 atom stereocenters. The van der Waals surface area contributed by atoms with Crippen molar-refractivity contribution >= 4 is 34.5 Å². The number of thiophene rings is 1. The molecule has 4 heteroatoms. The second-order valence-electron chi connectivity index (χ2n) is 4.83. The highest BCUT2D eigenvalue weighted by atomic mass is 32.2. The van der Waals surface area contributed by atoms with Crippen LogP contribution in [0.1, 0.15) is 22.3 Å². The van der Waals surface area contributed by atoms with Crippen LogP contribution in [0.25, 0.3) is 0 Å². The molecule has 0 saturated carbocycles. The van der Waals surface area contributed by atoms with Crippen molar-refractivity contribution in [2.45, 2.75) is 16.6 Å². The van der Waals surface area contributed by atoms with Gasteiger partial charge < -0.3 is 4.42 Å². The van der Waals surface area contributed by atoms with Gasteiger partial charge in [-0.1, -0.05) is 18.2 Å². The first-order chi connectivity index (χ1) is 10.4. The van der Waals surface area contributed by atoms with Gasteiger partial charge in [0.1, 0.15) is 5.76 Å². The molecule has 2 aromatic heterocycles. The standard InChI is InChI=1S/C17H13NOS2/c1-2-7-15-12(5-1)18-13(14-6-3-9-19-14)11-17(21-15)16-8-4-10-20-16/h1-10,17H,11H2/t17-/m1/s1. The molecule has 1 aliphatic rings. The Kier molecular flexibility index (Phi) is 3.41. The lowest BCUT2D eigenvalue weighted by molar-refractivity contribution is 0.555. The van der Waals surface area contributed by atoms with Gasteiger partial charge in [-0.2, -0.15) is 0 Å². The van der Waals surface area contributed by atoms with E-state index in [0.717, 1.165) is 23.6 Å². The molecule has 104 valence electrons. The predicted octanol–water partition coefficient (Wildman–Crippen LogP) is 5.70. The highest BCUT2D eigenvalue weighted by Crippen LogP contribution is 2.46. The molecular weight excluding hydrogens is 298 g/mol. The summed E-state index contributed by atoms with van der Waals surface area (Å²) in [5.41, 5.74) is 2.06. The van der Waals surface area contributed by atoms with Crippen LogP contribution < -0.4 is 0 Å². The number of para-hydroxylation sites is 1. The quantitative estimate of drug-likeness (QED) is 0.606. The summed E-state index contributed by atoms with van der Waals surface area (Å²) < 4.78 is 5.57. The van der Waals surface area contributed by atoms with Gasteiger partial charge in [0.15, 0.2) is 0 Å². The average molecular weight is 311 g/mol. The van der Waals surface area contributed by atoms with Gasteiger partial charge in [-0.05, 0) is 35.7 Å². The predicted molar refractivity (Wildman–Crippen MR) is 88.9 cm³/mol. The van der Waals surface area contributed by atoms with Gasteiger partial charge in [-0.3, -0.25) is 0 Å². The van der Waals surface area contributed by atoms with Crippen molar-refractivity contribution < 1.29 is 4.42 Å². The van der Waals surface area contributed by atoms with Gasteiger partial charge >= 0.3 is 0 Å². The number of furan rings is 1. The molecule has 1 aromatic carbocycles. The molecule has 0 unspecified atom stereocenters. The van der Waals surface area contributed by atoms with E-state index < -0.39 is 0 Å². The Morgan fingerprint density at radius 2 is 2.00 bits per heavy atom. The Morgan fingerprint density at radius 3 is 2.81 bits per heavy atom. The van der Waals surface area contributed by atoms with E-state index in [9.17, 15) is 0 Å². The molecule has 0 fully saturated rings. The maximum Gasteiger partial charge on any atom is 0.148 e. The summed E-state index contributed by atoms with van der Waals surface area (Å²) in [6.07, 6.45) is 2.59. The number of nitrogens with zero attached hydrogens (tertiary/aromatic N) is 1. The monoisotopic (exact) mass is 311 g/mol. The van der Waals surface area contributed by atoms with Gasteiger partial charge in [0.05, 0.1) is 17.7 Å². The van der Waals surface area contributed by atoms with Crippen molar-refractivity contribution in [3.05, 3.63) is 70.8 Å². The van der Waals surface area contributed by atoms with E-state index in [2.05, 4.69) is 35.7 Å². The minimum Gasteiger partial charge on any atom is -0.463 e. The van der Waals surface area contributed by atoms with E-state index in [1.165, 1.54) is 9.77 Å². The van der Waals surface area contributed by atoms with Crippen LogP contribution in [-0.4, -0.2) is 5.71 Å². The van der Waals surface area contributed by atoms with Crippen LogP contribution in [0.4, 0.5) is 5.69 Å². The third-order valence-corrected chi connectivity index (χ3v) is 5.87. The van der Waals surface area contributed by atoms with Crippen molar-refractivity contribution in [3.63, 3.8) is 0 Å². The molecule has 0 radical (unpaired) electrons. The lowest BCUT2D eigenvalue weighted by Gasteiger charge is -2.12. The molecule has 0 amide bonds. The maximum atomic E-state index is 5.57. The summed E-state index contributed by atoms with van der Waals surface area (Å²) in [4.78, 5) is 7.47. The SMILES string of the molecule is c1coc(C2=Nc3ccccc3S[C@@H](c3cccs3)C2)c1. The van der Waals surface area contributed by atoms with Crippen LogP contribution in [-0.2, 0) is 0 Å². The Hall–Kier alpha value is -1.78. The first-order valence-electron chi connectivity index (χ1n) is 6.81. The van der Waals surface area contributed by atoms with Crippen molar-refractivity contribution in [2.75, 3.05) is 0 Å². The number of benzene rings is 1. The molecule has 3 heterocycles. The number of hydrogen-bond acceptors (Lipinski definition) is 4. The highest BCUT2D eigenvalue weighted by Gasteiger charge is 2.23. The van der Waals surface area contributed by atoms with Gasteiger partial charge in [-0.15, -0.1) is 23.1 Å². The number of rotatable bonds is 2. The van der Waals surface area contributed by atoms with Gasteiger partial charge in [-0.25, -0.2) is 4.99 Å². The topological polar surface area (TPSA) is 25.5 Å². The first-order valence-corrected chi connectivity index (χ1v) is 8.56. The number of fused-ring (bicyclic) bond motifs is 1. The van der Waals surface area contributed by atoms with E-state index >= 15 is 0 Å². The minimum atomic E-state index is 0.387. The zero-order chi connectivity index (χ0) is 14.1. The number of hydrogen-bond donors (Lipinski definition) is 0. The fourth-order valence-electron chi connectivity index (χ4n) is 2.44. The Labute approximate surface area is 131 Å². The Bertz CT molecular complexity index is 760. The fourth-order valence-corrected chi connectivity index (χ4v) is 4.59. The van der Waals surface area contributed by atoms with Gasteiger partial charge in [0, 0.05) is 21.4 Å². The van der Waals surface area contributed by atoms with Crippen molar-refractivity contribution in [1.29, 1.82) is 0 Å². The van der Waals surface area contributed by atoms with E-state index in [-0.39, 0.29) is 0 Å². The van der Waals surface area contributed by atoms with E-state index in [1.54, 1.807) is 17.6 Å². The van der Waals surface area contributed by atoms with Gasteiger partial charge in [0.2, 0.25) is 0 Å². The van der Waals surface area contributed by atoms with Crippen LogP contribution in [0.2, 0.25) is 0 Å². The molecule has 0 saturated heterocycles. The van der Waals surface area contributed by atoms with Crippen molar-refractivity contribution in [3.8, 4) is 0 Å². The third-order valence-electron chi connectivity index (χ3n) is 3.43. The zero-order valence-corrected chi connectivity index (χ0v) is 12.9. The fraction of sp³-hybridized carbons (Fsp3) is 0.118. The molecule has 4 rings (SSSR count). The Balaban J connectivity index is 1.81. The maximum absolute atomic E-state index is 5.57. The summed E-state index contributed by atoms with van der Waals surface area (Å²) in [5.74, 6) is 0.869. The summed E-state index contributed by atoms with van der Waals surface area (Å²) in [6.45, 7) is 0. The minimum absolute atomic E-state index is 0.387. The van der Waals surface area contributed by atoms with E-state index in [4.69, 9.17) is 9.41 Å². The molecule has 0 bridgehead atoms. The van der Waals surface area contributed by atoms with Crippen LogP contribution in [0.5, 0.6) is 0 Å². The van der Waals surface area contributed by atoms with Crippen molar-refractivity contribution in [1.82, 2.24) is 0 Å². The molecular formula is C17H13NOS2. The van der Waals surface area contributed by atoms with Crippen molar-refractivity contribution in [2.24, 2.45) is 4.99 Å². The molecule has 2 nitrogen and oxygen atoms in total. The molecule has 3 aromatic rings. The van der Waals surface area contributed by atoms with Gasteiger partial charge in [0.25, 0.3) is 0 Å². The van der Waals surface area contributed by atoms with Crippen LogP contribution in [0.15, 0.2) is 74.5 Å². The summed E-state index contributed by atoms with van der Waals surface area (Å²) in [6, 6.07) is 16.6. The van der Waals surface area contributed by atoms with E-state index in [0.29, 0.717) is 5.25 Å². The molecule has 21 heavy (non-hydrogen) atoms. The average Bonchev–Trinajstić information content (AvgIpc) is 3.17. The second kappa shape index (κ2) is 5.54. The summed E-state index contributed by atoms with van der Waals surface area (Å²) in [5, 5.41) is 2.52. The lowest BCUT2D eigenvalue weighted by Crippen LogP contribution is -2.03. The number of aliphatic imine (C=N–C) groups is 1. The van der Waals surface area contributed by atoms with Crippen LogP contribution in [0, 0.1) is 0 Å². The van der Waals surface area contributed by atoms with E-state index in [1.807, 2.05) is 30.0 Å². The summed E-state index contributed by atoms with van der Waals surface area (Å²) >= 11 is 3.70. The normalized spacial score (nSPS) is 17.9. The molecule has 0 spiro atoms. The largest absolute Gasteiger partial charge is 0.463 e.